The summed E-state index contributed by atoms with van der Waals surface area (Å²) >= 11 is 0. The lowest BCUT2D eigenvalue weighted by atomic mass is 9.83. The maximum atomic E-state index is 6.18. The smallest absolute Gasteiger partial charge is 0.225 e. The van der Waals surface area contributed by atoms with E-state index >= 15 is 0 Å². The summed E-state index contributed by atoms with van der Waals surface area (Å²) in [6.45, 7) is 6.81. The molecular weight excluding hydrogens is 292 g/mol. The first-order chi connectivity index (χ1) is 11.3. The van der Waals surface area contributed by atoms with Crippen LogP contribution in [-0.4, -0.2) is 72.5 Å². The summed E-state index contributed by atoms with van der Waals surface area (Å²) in [4.78, 5) is 13.7. The highest BCUT2D eigenvalue weighted by molar-refractivity contribution is 5.29. The lowest BCUT2D eigenvalue weighted by Gasteiger charge is -2.48. The first-order valence-electron chi connectivity index (χ1n) is 8.82. The number of piperazine rings is 1. The van der Waals surface area contributed by atoms with Crippen LogP contribution in [0.2, 0.25) is 0 Å². The average Bonchev–Trinajstić information content (AvgIpc) is 2.63. The summed E-state index contributed by atoms with van der Waals surface area (Å²) in [5, 5.41) is 0. The first-order valence-corrected chi connectivity index (χ1v) is 8.82. The van der Waals surface area contributed by atoms with Crippen molar-refractivity contribution in [2.45, 2.75) is 37.3 Å². The van der Waals surface area contributed by atoms with E-state index in [0.29, 0.717) is 6.04 Å². The second-order valence-electron chi connectivity index (χ2n) is 6.86. The van der Waals surface area contributed by atoms with Crippen molar-refractivity contribution in [2.75, 3.05) is 50.9 Å². The number of hydrogen-bond acceptors (Lipinski definition) is 6. The van der Waals surface area contributed by atoms with Crippen LogP contribution in [-0.2, 0) is 9.47 Å². The van der Waals surface area contributed by atoms with Gasteiger partial charge in [-0.05, 0) is 31.7 Å². The van der Waals surface area contributed by atoms with E-state index in [1.165, 1.54) is 0 Å². The van der Waals surface area contributed by atoms with E-state index in [9.17, 15) is 0 Å². The van der Waals surface area contributed by atoms with Crippen LogP contribution in [0.15, 0.2) is 18.5 Å². The fourth-order valence-corrected chi connectivity index (χ4v) is 4.15. The Hall–Kier alpha value is -1.24. The van der Waals surface area contributed by atoms with Gasteiger partial charge in [-0.25, -0.2) is 9.97 Å². The number of ether oxygens (including phenoxy) is 2. The molecule has 0 unspecified atom stereocenters. The highest BCUT2D eigenvalue weighted by Crippen LogP contribution is 2.36. The zero-order valence-corrected chi connectivity index (χ0v) is 13.7. The predicted molar refractivity (Wildman–Crippen MR) is 87.6 cm³/mol. The van der Waals surface area contributed by atoms with Crippen molar-refractivity contribution in [3.8, 4) is 0 Å². The van der Waals surface area contributed by atoms with E-state index in [2.05, 4.69) is 19.8 Å². The second kappa shape index (κ2) is 6.71. The Labute approximate surface area is 137 Å². The molecule has 1 spiro atoms. The molecular formula is C17H26N4O2. The zero-order valence-electron chi connectivity index (χ0n) is 13.7. The maximum absolute atomic E-state index is 6.18. The number of hydrogen-bond donors (Lipinski definition) is 0. The summed E-state index contributed by atoms with van der Waals surface area (Å²) in [6.07, 6.45) is 8.08. The fraction of sp³-hybridized carbons (Fsp3) is 0.765. The molecule has 126 valence electrons. The standard InChI is InChI=1S/C17H26N4O2/c1-5-18-16(19-6-1)21-9-7-20(8-10-21)15-2-11-23-17(14-15)3-12-22-13-4-17/h1,5-6,15H,2-4,7-14H2/t15-/m0/s1. The van der Waals surface area contributed by atoms with E-state index in [1.54, 1.807) is 0 Å². The molecule has 0 bridgehead atoms. The molecule has 3 fully saturated rings. The van der Waals surface area contributed by atoms with Gasteiger partial charge in [0, 0.05) is 64.4 Å². The molecule has 4 heterocycles. The van der Waals surface area contributed by atoms with Crippen LogP contribution in [0.25, 0.3) is 0 Å². The molecule has 1 aromatic rings. The topological polar surface area (TPSA) is 50.7 Å². The lowest BCUT2D eigenvalue weighted by Crippen LogP contribution is -2.56. The third kappa shape index (κ3) is 3.34. The van der Waals surface area contributed by atoms with Gasteiger partial charge >= 0.3 is 0 Å². The Bertz CT molecular complexity index is 493. The maximum Gasteiger partial charge on any atom is 0.225 e. The van der Waals surface area contributed by atoms with Crippen LogP contribution < -0.4 is 4.90 Å². The van der Waals surface area contributed by atoms with E-state index in [1.807, 2.05) is 18.5 Å². The third-order valence-electron chi connectivity index (χ3n) is 5.54. The van der Waals surface area contributed by atoms with Gasteiger partial charge in [-0.3, -0.25) is 4.90 Å². The number of aromatic nitrogens is 2. The molecule has 1 aromatic heterocycles. The second-order valence-corrected chi connectivity index (χ2v) is 6.86. The summed E-state index contributed by atoms with van der Waals surface area (Å²) in [5.41, 5.74) is 0.0842. The minimum absolute atomic E-state index is 0.0842. The molecule has 1 atom stereocenters. The molecule has 4 rings (SSSR count). The molecule has 3 saturated heterocycles. The van der Waals surface area contributed by atoms with Crippen LogP contribution in [0.5, 0.6) is 0 Å². The molecule has 0 radical (unpaired) electrons. The van der Waals surface area contributed by atoms with Crippen molar-refractivity contribution in [3.63, 3.8) is 0 Å². The van der Waals surface area contributed by atoms with Crippen molar-refractivity contribution in [1.29, 1.82) is 0 Å². The van der Waals surface area contributed by atoms with Crippen molar-refractivity contribution in [1.82, 2.24) is 14.9 Å². The van der Waals surface area contributed by atoms with Gasteiger partial charge in [0.25, 0.3) is 0 Å². The van der Waals surface area contributed by atoms with E-state index in [-0.39, 0.29) is 5.60 Å². The van der Waals surface area contributed by atoms with E-state index in [0.717, 1.165) is 77.6 Å². The van der Waals surface area contributed by atoms with Crippen molar-refractivity contribution in [3.05, 3.63) is 18.5 Å². The molecule has 0 aliphatic carbocycles. The van der Waals surface area contributed by atoms with Gasteiger partial charge < -0.3 is 14.4 Å². The molecule has 0 saturated carbocycles. The van der Waals surface area contributed by atoms with Crippen molar-refractivity contribution >= 4 is 5.95 Å². The van der Waals surface area contributed by atoms with Crippen LogP contribution in [0.4, 0.5) is 5.95 Å². The van der Waals surface area contributed by atoms with Gasteiger partial charge in [0.15, 0.2) is 0 Å². The number of anilines is 1. The lowest BCUT2D eigenvalue weighted by molar-refractivity contribution is -0.151. The summed E-state index contributed by atoms with van der Waals surface area (Å²) in [5.74, 6) is 0.861. The van der Waals surface area contributed by atoms with Gasteiger partial charge in [-0.15, -0.1) is 0 Å². The van der Waals surface area contributed by atoms with Gasteiger partial charge in [0.05, 0.1) is 5.60 Å². The van der Waals surface area contributed by atoms with E-state index < -0.39 is 0 Å². The van der Waals surface area contributed by atoms with Gasteiger partial charge in [-0.1, -0.05) is 0 Å². The highest BCUT2D eigenvalue weighted by Gasteiger charge is 2.41. The molecule has 3 aliphatic heterocycles. The normalized spacial score (nSPS) is 28.9. The summed E-state index contributed by atoms with van der Waals surface area (Å²) in [6, 6.07) is 2.52. The quantitative estimate of drug-likeness (QED) is 0.820. The SMILES string of the molecule is c1cnc(N2CCN([C@H]3CCOC4(CCOCC4)C3)CC2)nc1. The zero-order chi connectivity index (χ0) is 15.5. The average molecular weight is 318 g/mol. The molecule has 3 aliphatic rings. The van der Waals surface area contributed by atoms with Crippen molar-refractivity contribution < 1.29 is 9.47 Å². The van der Waals surface area contributed by atoms with Crippen LogP contribution in [0.3, 0.4) is 0 Å². The minimum Gasteiger partial charge on any atom is -0.381 e. The third-order valence-corrected chi connectivity index (χ3v) is 5.54. The molecule has 0 N–H and O–H groups in total. The Kier molecular flexibility index (Phi) is 4.46. The molecule has 6 nitrogen and oxygen atoms in total. The molecule has 6 heteroatoms. The van der Waals surface area contributed by atoms with Gasteiger partial charge in [0.1, 0.15) is 0 Å². The predicted octanol–water partition coefficient (Wildman–Crippen LogP) is 1.33. The van der Waals surface area contributed by atoms with Gasteiger partial charge in [-0.2, -0.15) is 0 Å². The van der Waals surface area contributed by atoms with Crippen LogP contribution in [0, 0.1) is 0 Å². The Balaban J connectivity index is 1.35. The minimum atomic E-state index is 0.0842. The molecule has 0 amide bonds. The number of rotatable bonds is 2. The summed E-state index contributed by atoms with van der Waals surface area (Å²) < 4.78 is 11.7. The van der Waals surface area contributed by atoms with Crippen LogP contribution in [0.1, 0.15) is 25.7 Å². The Morgan fingerprint density at radius 2 is 1.74 bits per heavy atom. The summed E-state index contributed by atoms with van der Waals surface area (Å²) in [7, 11) is 0. The Morgan fingerprint density at radius 3 is 2.48 bits per heavy atom. The van der Waals surface area contributed by atoms with Crippen molar-refractivity contribution in [2.24, 2.45) is 0 Å². The van der Waals surface area contributed by atoms with E-state index in [4.69, 9.17) is 9.47 Å². The number of nitrogens with zero attached hydrogens (tertiary/aromatic N) is 4. The monoisotopic (exact) mass is 318 g/mol. The van der Waals surface area contributed by atoms with Crippen LogP contribution >= 0.6 is 0 Å². The largest absolute Gasteiger partial charge is 0.381 e. The molecule has 23 heavy (non-hydrogen) atoms. The van der Waals surface area contributed by atoms with Gasteiger partial charge in [0.2, 0.25) is 5.95 Å². The first kappa shape index (κ1) is 15.3. The Morgan fingerprint density at radius 1 is 1.00 bits per heavy atom. The highest BCUT2D eigenvalue weighted by atomic mass is 16.5. The fourth-order valence-electron chi connectivity index (χ4n) is 4.15. The molecule has 0 aromatic carbocycles.